The van der Waals surface area contributed by atoms with Gasteiger partial charge < -0.3 is 4.74 Å². The summed E-state index contributed by atoms with van der Waals surface area (Å²) in [5, 5.41) is 0. The molecule has 1 rings (SSSR count). The van der Waals surface area contributed by atoms with E-state index in [1.807, 2.05) is 31.5 Å². The standard InChI is InChI=1S/C30H54NO3S/c1-8-10-12-13-14-15-16-17-18-19-23-34-27-21-20-26(30(6,7)25-29(3,4)5)24-28(27)35(32,33)31-22-11-9-2/h11,20-21,24,31H,8-10,12-19,22-23,25H2,1-7H3. The summed E-state index contributed by atoms with van der Waals surface area (Å²) >= 11 is 0. The molecule has 0 unspecified atom stereocenters. The Morgan fingerprint density at radius 3 is 1.97 bits per heavy atom. The van der Waals surface area contributed by atoms with Gasteiger partial charge in [0.2, 0.25) is 10.0 Å². The van der Waals surface area contributed by atoms with Crippen molar-refractivity contribution in [2.75, 3.05) is 13.2 Å². The number of hydrogen-bond donors (Lipinski definition) is 1. The van der Waals surface area contributed by atoms with Crippen molar-refractivity contribution < 1.29 is 13.2 Å². The van der Waals surface area contributed by atoms with Crippen molar-refractivity contribution >= 4 is 10.0 Å². The van der Waals surface area contributed by atoms with Gasteiger partial charge in [-0.1, -0.05) is 119 Å². The van der Waals surface area contributed by atoms with Crippen molar-refractivity contribution in [1.82, 2.24) is 4.72 Å². The first kappa shape index (κ1) is 32.0. The number of nitrogens with one attached hydrogen (secondary N) is 1. The fourth-order valence-electron chi connectivity index (χ4n) is 4.85. The van der Waals surface area contributed by atoms with Crippen LogP contribution in [0.2, 0.25) is 0 Å². The third-order valence-electron chi connectivity index (χ3n) is 6.45. The molecule has 0 saturated carbocycles. The number of ether oxygens (including phenoxy) is 1. The van der Waals surface area contributed by atoms with Crippen LogP contribution in [-0.2, 0) is 15.4 Å². The Labute approximate surface area is 218 Å². The van der Waals surface area contributed by atoms with Crippen LogP contribution in [0.4, 0.5) is 0 Å². The number of hydrogen-bond acceptors (Lipinski definition) is 3. The number of unbranched alkanes of at least 4 members (excludes halogenated alkanes) is 10. The Morgan fingerprint density at radius 2 is 1.43 bits per heavy atom. The molecule has 0 aliphatic rings. The quantitative estimate of drug-likeness (QED) is 0.190. The van der Waals surface area contributed by atoms with Gasteiger partial charge in [-0.3, -0.25) is 0 Å². The predicted molar refractivity (Wildman–Crippen MR) is 151 cm³/mol. The topological polar surface area (TPSA) is 55.4 Å². The van der Waals surface area contributed by atoms with Gasteiger partial charge in [0.15, 0.2) is 0 Å². The highest BCUT2D eigenvalue weighted by atomic mass is 32.2. The van der Waals surface area contributed by atoms with Crippen molar-refractivity contribution in [3.05, 3.63) is 30.2 Å². The van der Waals surface area contributed by atoms with Gasteiger partial charge >= 0.3 is 0 Å². The van der Waals surface area contributed by atoms with Crippen LogP contribution in [0.1, 0.15) is 131 Å². The fourth-order valence-corrected chi connectivity index (χ4v) is 6.02. The van der Waals surface area contributed by atoms with Gasteiger partial charge in [-0.2, -0.15) is 0 Å². The first-order valence-electron chi connectivity index (χ1n) is 14.0. The molecule has 0 amide bonds. The molecule has 0 atom stereocenters. The van der Waals surface area contributed by atoms with Gasteiger partial charge in [0, 0.05) is 6.54 Å². The second-order valence-electron chi connectivity index (χ2n) is 11.9. The number of sulfonamides is 1. The minimum atomic E-state index is -3.66. The van der Waals surface area contributed by atoms with Crippen LogP contribution < -0.4 is 9.46 Å². The van der Waals surface area contributed by atoms with Gasteiger partial charge in [0.1, 0.15) is 10.6 Å². The highest BCUT2D eigenvalue weighted by Crippen LogP contribution is 2.38. The van der Waals surface area contributed by atoms with Crippen LogP contribution in [0.25, 0.3) is 0 Å². The number of rotatable bonds is 19. The lowest BCUT2D eigenvalue weighted by molar-refractivity contribution is 0.281. The van der Waals surface area contributed by atoms with E-state index in [1.54, 1.807) is 0 Å². The molecular weight excluding hydrogens is 454 g/mol. The summed E-state index contributed by atoms with van der Waals surface area (Å²) < 4.78 is 35.1. The summed E-state index contributed by atoms with van der Waals surface area (Å²) in [5.41, 5.74) is 1.02. The maximum atomic E-state index is 13.2. The predicted octanol–water partition coefficient (Wildman–Crippen LogP) is 8.59. The van der Waals surface area contributed by atoms with Crippen molar-refractivity contribution in [3.8, 4) is 5.75 Å². The molecule has 0 spiro atoms. The maximum Gasteiger partial charge on any atom is 0.244 e. The van der Waals surface area contributed by atoms with Crippen LogP contribution in [0, 0.1) is 11.8 Å². The molecule has 0 aromatic heterocycles. The molecule has 0 fully saturated rings. The summed E-state index contributed by atoms with van der Waals surface area (Å²) in [7, 11) is -3.66. The first-order valence-corrected chi connectivity index (χ1v) is 15.5. The molecule has 203 valence electrons. The molecule has 0 aliphatic heterocycles. The lowest BCUT2D eigenvalue weighted by Crippen LogP contribution is -2.28. The molecule has 0 heterocycles. The molecule has 0 aliphatic carbocycles. The largest absolute Gasteiger partial charge is 0.492 e. The van der Waals surface area contributed by atoms with Crippen LogP contribution in [0.5, 0.6) is 5.75 Å². The van der Waals surface area contributed by atoms with Gasteiger partial charge in [-0.25, -0.2) is 13.1 Å². The second kappa shape index (κ2) is 15.9. The van der Waals surface area contributed by atoms with Crippen LogP contribution >= 0.6 is 0 Å². The summed E-state index contributed by atoms with van der Waals surface area (Å²) in [4.78, 5) is 0.258. The molecule has 35 heavy (non-hydrogen) atoms. The molecule has 1 radical (unpaired) electrons. The zero-order valence-corrected chi connectivity index (χ0v) is 24.7. The number of benzene rings is 1. The molecule has 5 heteroatoms. The van der Waals surface area contributed by atoms with E-state index >= 15 is 0 Å². The van der Waals surface area contributed by atoms with E-state index in [4.69, 9.17) is 4.74 Å². The SMILES string of the molecule is CC[CH]CNS(=O)(=O)c1cc(C(C)(C)CC(C)(C)C)ccc1OCCCCCCCCCCCC. The lowest BCUT2D eigenvalue weighted by Gasteiger charge is -2.33. The van der Waals surface area contributed by atoms with E-state index < -0.39 is 10.0 Å². The van der Waals surface area contributed by atoms with E-state index in [-0.39, 0.29) is 15.7 Å². The minimum Gasteiger partial charge on any atom is -0.492 e. The lowest BCUT2D eigenvalue weighted by atomic mass is 9.72. The van der Waals surface area contributed by atoms with Crippen LogP contribution in [0.3, 0.4) is 0 Å². The molecule has 1 aromatic carbocycles. The average molecular weight is 509 g/mol. The van der Waals surface area contributed by atoms with Crippen LogP contribution in [0.15, 0.2) is 23.1 Å². The third kappa shape index (κ3) is 13.2. The van der Waals surface area contributed by atoms with Crippen molar-refractivity contribution in [3.63, 3.8) is 0 Å². The Hall–Kier alpha value is -1.07. The van der Waals surface area contributed by atoms with E-state index in [2.05, 4.69) is 46.3 Å². The van der Waals surface area contributed by atoms with E-state index in [9.17, 15) is 8.42 Å². The van der Waals surface area contributed by atoms with Gasteiger partial charge in [-0.15, -0.1) is 0 Å². The monoisotopic (exact) mass is 508 g/mol. The Morgan fingerprint density at radius 1 is 0.857 bits per heavy atom. The van der Waals surface area contributed by atoms with Crippen molar-refractivity contribution in [1.29, 1.82) is 0 Å². The molecule has 1 N–H and O–H groups in total. The highest BCUT2D eigenvalue weighted by molar-refractivity contribution is 7.89. The molecular formula is C30H54NO3S. The average Bonchev–Trinajstić information content (AvgIpc) is 2.76. The minimum absolute atomic E-state index is 0.140. The van der Waals surface area contributed by atoms with Crippen molar-refractivity contribution in [2.45, 2.75) is 136 Å². The second-order valence-corrected chi connectivity index (χ2v) is 13.6. The Kier molecular flexibility index (Phi) is 14.5. The third-order valence-corrected chi connectivity index (χ3v) is 7.89. The summed E-state index contributed by atoms with van der Waals surface area (Å²) in [6.45, 7) is 16.2. The van der Waals surface area contributed by atoms with Crippen LogP contribution in [-0.4, -0.2) is 21.6 Å². The molecule has 1 aromatic rings. The molecule has 0 saturated heterocycles. The maximum absolute atomic E-state index is 13.2. The fraction of sp³-hybridized carbons (Fsp3) is 0.767. The molecule has 4 nitrogen and oxygen atoms in total. The first-order chi connectivity index (χ1) is 16.4. The van der Waals surface area contributed by atoms with Gasteiger partial charge in [0.25, 0.3) is 0 Å². The highest BCUT2D eigenvalue weighted by Gasteiger charge is 2.30. The van der Waals surface area contributed by atoms with E-state index in [0.29, 0.717) is 18.9 Å². The normalized spacial score (nSPS) is 12.8. The Balaban J connectivity index is 2.78. The van der Waals surface area contributed by atoms with Gasteiger partial charge in [0.05, 0.1) is 6.61 Å². The summed E-state index contributed by atoms with van der Waals surface area (Å²) in [6, 6.07) is 5.72. The summed E-state index contributed by atoms with van der Waals surface area (Å²) in [6.07, 6.45) is 16.3. The van der Waals surface area contributed by atoms with Crippen molar-refractivity contribution in [2.24, 2.45) is 5.41 Å². The Bertz CT molecular complexity index is 809. The zero-order valence-electron chi connectivity index (χ0n) is 23.8. The van der Waals surface area contributed by atoms with Gasteiger partial charge in [-0.05, 0) is 47.8 Å². The smallest absolute Gasteiger partial charge is 0.244 e. The van der Waals surface area contributed by atoms with E-state index in [1.165, 1.54) is 51.4 Å². The summed E-state index contributed by atoms with van der Waals surface area (Å²) in [5.74, 6) is 0.459. The zero-order chi connectivity index (χ0) is 26.4. The van der Waals surface area contributed by atoms with E-state index in [0.717, 1.165) is 31.2 Å². The molecule has 0 bridgehead atoms.